The van der Waals surface area contributed by atoms with Crippen LogP contribution < -0.4 is 104 Å². The molecular weight excluding hydrogens is 2110 g/mol. The molecule has 0 atom stereocenters. The van der Waals surface area contributed by atoms with Gasteiger partial charge in [0, 0.05) is 74.9 Å². The summed E-state index contributed by atoms with van der Waals surface area (Å²) in [6.07, 6.45) is 5.72. The maximum Gasteiger partial charge on any atom is 0.179 e. The summed E-state index contributed by atoms with van der Waals surface area (Å²) in [7, 11) is -13.8. The lowest BCUT2D eigenvalue weighted by Crippen LogP contribution is -2.74. The predicted molar refractivity (Wildman–Crippen MR) is 661 cm³/mol. The quantitative estimate of drug-likeness (QED) is 0.0318. The van der Waals surface area contributed by atoms with Gasteiger partial charge in [-0.2, -0.15) is 0 Å². The number of pyridine rings is 3. The van der Waals surface area contributed by atoms with Crippen molar-refractivity contribution in [3.05, 3.63) is 616 Å². The fourth-order valence-corrected chi connectivity index (χ4v) is 49.4. The topological polar surface area (TPSA) is 64.3 Å². The van der Waals surface area contributed by atoms with E-state index in [0.29, 0.717) is 0 Å². The Balaban J connectivity index is 0.000000164. The molecule has 0 fully saturated rings. The highest BCUT2D eigenvalue weighted by Gasteiger charge is 2.48. The Hall–Kier alpha value is -16.2. The number of fused-ring (bicyclic) bond motifs is 9. The zero-order chi connectivity index (χ0) is 99.3. The monoisotopic (exact) mass is 2210 g/mol. The third-order valence-electron chi connectivity index (χ3n) is 30.0. The summed E-state index contributed by atoms with van der Waals surface area (Å²) in [5.74, 6) is 0. The van der Waals surface area contributed by atoms with Gasteiger partial charge in [0.1, 0.15) is 16.9 Å². The van der Waals surface area contributed by atoms with E-state index in [-0.39, 0.29) is 7.43 Å². The van der Waals surface area contributed by atoms with Crippen LogP contribution in [0.1, 0.15) is 0 Å². The van der Waals surface area contributed by atoms with Crippen LogP contribution in [0.3, 0.4) is 0 Å². The fraction of sp³-hybridized carbons (Fsp3) is 0. The molecule has 26 rings (SSSR count). The number of halogens is 2. The third kappa shape index (κ3) is 17.2. The molecule has 13 heteroatoms. The van der Waals surface area contributed by atoms with Gasteiger partial charge in [-0.3, -0.25) is 9.13 Å². The van der Waals surface area contributed by atoms with Gasteiger partial charge in [-0.15, -0.1) is 0 Å². The molecule has 712 valence electrons. The molecule has 20 aromatic carbocycles. The third-order valence-corrected chi connectivity index (χ3v) is 55.2. The van der Waals surface area contributed by atoms with Crippen molar-refractivity contribution in [2.45, 2.75) is 0 Å². The number of aromatic nitrogens is 6. The van der Waals surface area contributed by atoms with Gasteiger partial charge in [0.2, 0.25) is 0 Å². The molecule has 6 aromatic heterocycles. The number of rotatable bonds is 22. The zero-order valence-corrected chi connectivity index (χ0v) is 91.5. The number of hydrogen-bond acceptors (Lipinski definition) is 3. The van der Waals surface area contributed by atoms with Crippen molar-refractivity contribution in [1.29, 1.82) is 0 Å². The van der Waals surface area contributed by atoms with Crippen molar-refractivity contribution < 1.29 is 0 Å². The Bertz CT molecular complexity index is 8460. The van der Waals surface area contributed by atoms with Crippen LogP contribution in [0.5, 0.6) is 0 Å². The van der Waals surface area contributed by atoms with Gasteiger partial charge in [0.05, 0.1) is 11.0 Å². The van der Waals surface area contributed by atoms with Gasteiger partial charge < -0.3 is 12.4 Å². The predicted octanol–water partition coefficient (Wildman–Crippen LogP) is 19.6. The second kappa shape index (κ2) is 42.3. The van der Waals surface area contributed by atoms with Crippen LogP contribution in [-0.2, 0) is 0 Å². The summed E-state index contributed by atoms with van der Waals surface area (Å²) < 4.78 is 7.37. The highest BCUT2D eigenvalue weighted by molar-refractivity contribution is 14.1. The van der Waals surface area contributed by atoms with Crippen molar-refractivity contribution in [1.82, 2.24) is 29.1 Å². The van der Waals surface area contributed by atoms with Crippen molar-refractivity contribution in [2.24, 2.45) is 0 Å². The lowest BCUT2D eigenvalue weighted by molar-refractivity contribution is 1.14. The molecule has 0 spiro atoms. The fourth-order valence-electron chi connectivity index (χ4n) is 23.8. The average Bonchev–Trinajstić information content (AvgIpc) is 1.60. The van der Waals surface area contributed by atoms with Gasteiger partial charge in [-0.25, -0.2) is 15.0 Å². The molecule has 149 heavy (non-hydrogen) atoms. The van der Waals surface area contributed by atoms with E-state index in [0.717, 1.165) is 55.6 Å². The minimum Gasteiger partial charge on any atom is -0.358 e. The Morgan fingerprint density at radius 3 is 0.651 bits per heavy atom. The molecule has 0 amide bonds. The van der Waals surface area contributed by atoms with Gasteiger partial charge in [0.15, 0.2) is 40.4 Å². The number of hydrogen-bond donors (Lipinski definition) is 1. The Labute approximate surface area is 902 Å². The van der Waals surface area contributed by atoms with E-state index >= 15 is 0 Å². The molecule has 0 aliphatic carbocycles. The first-order valence-corrected chi connectivity index (χ1v) is 62.5. The molecule has 0 saturated heterocycles. The molecule has 6 heterocycles. The van der Waals surface area contributed by atoms with E-state index in [1.54, 1.807) is 0 Å². The first kappa shape index (κ1) is 96.3. The van der Waals surface area contributed by atoms with E-state index in [4.69, 9.17) is 9.97 Å². The zero-order valence-electron chi connectivity index (χ0n) is 82.1. The second-order valence-corrected chi connectivity index (χ2v) is 59.3. The Kier molecular flexibility index (Phi) is 27.3. The van der Waals surface area contributed by atoms with E-state index in [2.05, 4.69) is 641 Å². The number of H-pyrrole nitrogens is 1. The second-order valence-electron chi connectivity index (χ2n) is 37.8. The summed E-state index contributed by atoms with van der Waals surface area (Å²) in [6.45, 7) is 0. The smallest absolute Gasteiger partial charge is 0.179 e. The van der Waals surface area contributed by atoms with Crippen LogP contribution >= 0.6 is 45.2 Å². The van der Waals surface area contributed by atoms with Crippen LogP contribution in [0.25, 0.3) is 77.2 Å². The van der Waals surface area contributed by atoms with Crippen molar-refractivity contribution in [2.75, 3.05) is 0 Å². The van der Waals surface area contributed by atoms with E-state index < -0.39 is 40.4 Å². The summed E-state index contributed by atoms with van der Waals surface area (Å²) >= 11 is 4.86. The molecule has 26 aromatic rings. The number of aromatic amines is 1. The average molecular weight is 2220 g/mol. The Morgan fingerprint density at radius 1 is 0.168 bits per heavy atom. The molecule has 0 saturated carbocycles. The summed E-state index contributed by atoms with van der Waals surface area (Å²) in [5.41, 5.74) is 8.27. The lowest BCUT2D eigenvalue weighted by Gasteiger charge is -2.35. The summed E-state index contributed by atoms with van der Waals surface area (Å²) in [6, 6.07) is 216. The van der Waals surface area contributed by atoms with Gasteiger partial charge in [-0.1, -0.05) is 479 Å². The van der Waals surface area contributed by atoms with Gasteiger partial charge in [-0.05, 0) is 252 Å². The van der Waals surface area contributed by atoms with Crippen LogP contribution in [-0.4, -0.2) is 69.4 Å². The number of benzene rings is 20. The molecular formula is C136H103I2N6Si5-. The largest absolute Gasteiger partial charge is 0.358 e. The van der Waals surface area contributed by atoms with Crippen LogP contribution in [0, 0.1) is 14.6 Å². The minimum absolute atomic E-state index is 0. The lowest BCUT2D eigenvalue weighted by atomic mass is 10.2. The van der Waals surface area contributed by atoms with Crippen LogP contribution in [0.15, 0.2) is 601 Å². The maximum absolute atomic E-state index is 5.26. The van der Waals surface area contributed by atoms with Gasteiger partial charge in [0.25, 0.3) is 0 Å². The Morgan fingerprint density at radius 2 is 0.383 bits per heavy atom. The number of nitrogens with zero attached hydrogens (tertiary/aromatic N) is 5. The first-order chi connectivity index (χ1) is 73.2. The van der Waals surface area contributed by atoms with E-state index in [9.17, 15) is 0 Å². The van der Waals surface area contributed by atoms with E-state index in [1.165, 1.54) is 132 Å². The van der Waals surface area contributed by atoms with E-state index in [1.807, 2.05) is 24.7 Å². The molecule has 0 radical (unpaired) electrons. The highest BCUT2D eigenvalue weighted by Crippen LogP contribution is 2.35. The SMILES string of the molecule is Ic1cccc([Si](c2ccccc2)(c2ccccc2)c2cccc(I)c2)c1.[CH3-].c1ccc([Si](c2ccccc2)(c2cccc(-n3c4ccc([Si](c5ccccc5)(c5ccccc5)c5ccccc5)cc4c4cccnc43)c2)c2cccc(-n3c4ccc([Si](c5ccccc5)(c5ccccc5)c5ccccc5)cc4c4cccnc43)c2)cc1.c1ccc([Si](c2ccccc2)(c2ccccc2)c2ccc3[nH]c4ncccc4c3c2)cc1. The normalized spacial score (nSPS) is 11.8. The molecule has 0 unspecified atom stereocenters. The molecule has 0 aliphatic heterocycles. The van der Waals surface area contributed by atoms with Crippen molar-refractivity contribution in [3.8, 4) is 11.4 Å². The summed E-state index contributed by atoms with van der Waals surface area (Å²) in [4.78, 5) is 18.5. The number of nitrogens with one attached hydrogen (secondary N) is 1. The van der Waals surface area contributed by atoms with Crippen LogP contribution in [0.2, 0.25) is 0 Å². The molecule has 0 bridgehead atoms. The molecule has 1 N–H and O–H groups in total. The van der Waals surface area contributed by atoms with Crippen molar-refractivity contribution in [3.63, 3.8) is 0 Å². The van der Waals surface area contributed by atoms with Gasteiger partial charge >= 0.3 is 0 Å². The van der Waals surface area contributed by atoms with Crippen molar-refractivity contribution >= 4 is 255 Å². The minimum atomic E-state index is -3.21. The highest BCUT2D eigenvalue weighted by atomic mass is 127. The molecule has 0 aliphatic rings. The van der Waals surface area contributed by atoms with Crippen LogP contribution in [0.4, 0.5) is 0 Å². The molecule has 6 nitrogen and oxygen atoms in total. The first-order valence-electron chi connectivity index (χ1n) is 50.4. The summed E-state index contributed by atoms with van der Waals surface area (Å²) in [5, 5.41) is 34.0. The maximum atomic E-state index is 5.26. The standard InChI is InChI=1S/C82H60N4Si3.C29H22N2Si.C24H18I2Si.CH3/c1-9-31-63(32-10-1)87(64-33-11-2-12-34-64,65-35-13-3-14-36-65)73-51-53-79-77(59-73)75-49-27-55-83-81(75)85(79)61-29-25-47-71(57-61)89(69-43-21-7-22-44-69,70-45-23-8-24-46-70)72-48-26-30-62(58-72)86-80-54-52-74(60-78(80)76-50-28-56-84-82(76)86)88(66-37-15-4-16-38-66,67-39-17-5-18-40-67)68-41-19-6-20-42-68;1-4-11-22(12-5-1)32(23-13-6-2-7-14-23,24-15-8-3-9-16-24)25-18-19-28-27(21-25)26-17-10-20-30-29(26)31-28;25-19-9-7-15-23(17-19)27(21-11-3-1-4-12-21,22-13-5-2-6-14-22)24-16-8-10-20(26)18-24;/h1-60H;1-21H,(H,30,31);1-18H;1H3/q;;;-1.